The van der Waals surface area contributed by atoms with Gasteiger partial charge in [-0.05, 0) is 48.5 Å². The zero-order valence-electron chi connectivity index (χ0n) is 18.2. The van der Waals surface area contributed by atoms with E-state index in [-0.39, 0.29) is 5.91 Å². The number of nitrogens with one attached hydrogen (secondary N) is 2. The molecule has 1 heterocycles. The molecular weight excluding hydrogens is 454 g/mol. The number of anilines is 1. The van der Waals surface area contributed by atoms with Crippen molar-refractivity contribution in [2.45, 2.75) is 0 Å². The van der Waals surface area contributed by atoms with Crippen LogP contribution >= 0.6 is 11.6 Å². The normalized spacial score (nSPS) is 10.5. The Kier molecular flexibility index (Phi) is 6.85. The van der Waals surface area contributed by atoms with Crippen LogP contribution in [0.3, 0.4) is 0 Å². The van der Waals surface area contributed by atoms with Crippen LogP contribution < -0.4 is 10.6 Å². The molecule has 0 bridgehead atoms. The number of benzene rings is 3. The van der Waals surface area contributed by atoms with Gasteiger partial charge in [0.15, 0.2) is 6.61 Å². The second-order valence-electron chi connectivity index (χ2n) is 7.36. The first-order valence-electron chi connectivity index (χ1n) is 10.4. The molecule has 0 radical (unpaired) electrons. The Labute approximate surface area is 200 Å². The molecule has 7 nitrogen and oxygen atoms in total. The van der Waals surface area contributed by atoms with E-state index in [4.69, 9.17) is 16.3 Å². The molecule has 34 heavy (non-hydrogen) atoms. The maximum Gasteiger partial charge on any atom is 0.339 e. The van der Waals surface area contributed by atoms with Gasteiger partial charge in [0.2, 0.25) is 0 Å². The minimum atomic E-state index is -0.640. The van der Waals surface area contributed by atoms with Gasteiger partial charge in [-0.15, -0.1) is 0 Å². The number of aromatic nitrogens is 1. The van der Waals surface area contributed by atoms with Crippen molar-refractivity contribution in [3.63, 3.8) is 0 Å². The van der Waals surface area contributed by atoms with Gasteiger partial charge in [0.25, 0.3) is 11.8 Å². The van der Waals surface area contributed by atoms with Crippen LogP contribution in [-0.2, 0) is 9.53 Å². The summed E-state index contributed by atoms with van der Waals surface area (Å²) >= 11 is 5.98. The third-order valence-electron chi connectivity index (χ3n) is 5.07. The van der Waals surface area contributed by atoms with Gasteiger partial charge in [0.05, 0.1) is 16.8 Å². The number of rotatable bonds is 6. The third kappa shape index (κ3) is 5.22. The summed E-state index contributed by atoms with van der Waals surface area (Å²) in [5.41, 5.74) is 3.26. The molecule has 2 amide bonds. The summed E-state index contributed by atoms with van der Waals surface area (Å²) in [6.07, 6.45) is 0. The number of pyridine rings is 1. The zero-order chi connectivity index (χ0) is 24.1. The van der Waals surface area contributed by atoms with Crippen LogP contribution in [0.1, 0.15) is 20.7 Å². The number of carbonyl (C=O) groups is 3. The summed E-state index contributed by atoms with van der Waals surface area (Å²) < 4.78 is 5.30. The third-order valence-corrected chi connectivity index (χ3v) is 5.32. The van der Waals surface area contributed by atoms with E-state index in [1.165, 1.54) is 7.05 Å². The molecular formula is C26H20ClN3O4. The molecule has 4 rings (SSSR count). The zero-order valence-corrected chi connectivity index (χ0v) is 18.9. The monoisotopic (exact) mass is 473 g/mol. The number of hydrogen-bond acceptors (Lipinski definition) is 5. The fourth-order valence-corrected chi connectivity index (χ4v) is 3.49. The van der Waals surface area contributed by atoms with E-state index in [1.807, 2.05) is 18.2 Å². The number of hydrogen-bond donors (Lipinski definition) is 2. The van der Waals surface area contributed by atoms with E-state index in [9.17, 15) is 14.4 Å². The molecule has 0 atom stereocenters. The topological polar surface area (TPSA) is 97.4 Å². The maximum absolute atomic E-state index is 12.9. The minimum absolute atomic E-state index is 0.227. The minimum Gasteiger partial charge on any atom is -0.452 e. The molecule has 8 heteroatoms. The molecule has 4 aromatic rings. The Morgan fingerprint density at radius 2 is 1.65 bits per heavy atom. The first-order chi connectivity index (χ1) is 16.4. The van der Waals surface area contributed by atoms with E-state index in [0.29, 0.717) is 38.4 Å². The van der Waals surface area contributed by atoms with E-state index in [1.54, 1.807) is 60.7 Å². The molecule has 3 aromatic carbocycles. The summed E-state index contributed by atoms with van der Waals surface area (Å²) in [5.74, 6) is -1.37. The summed E-state index contributed by atoms with van der Waals surface area (Å²) in [7, 11) is 1.54. The van der Waals surface area contributed by atoms with Crippen LogP contribution in [0.4, 0.5) is 5.69 Å². The van der Waals surface area contributed by atoms with E-state index in [0.717, 1.165) is 5.56 Å². The molecule has 2 N–H and O–H groups in total. The average molecular weight is 474 g/mol. The molecule has 0 saturated carbocycles. The SMILES string of the molecule is CNC(=O)c1ccc(NC(=O)COC(=O)c2cc(-c3ccc(Cl)cc3)nc3ccccc23)cc1. The standard InChI is InChI=1S/C26H20ClN3O4/c1-28-25(32)17-8-12-19(13-9-17)29-24(31)15-34-26(33)21-14-23(16-6-10-18(27)11-7-16)30-22-5-3-2-4-20(21)22/h2-14H,15H2,1H3,(H,28,32)(H,29,31). The Hall–Kier alpha value is -4.23. The van der Waals surface area contributed by atoms with Gasteiger partial charge in [-0.2, -0.15) is 0 Å². The van der Waals surface area contributed by atoms with Crippen molar-refractivity contribution in [3.05, 3.63) is 95.0 Å². The molecule has 170 valence electrons. The van der Waals surface area contributed by atoms with Gasteiger partial charge in [0.1, 0.15) is 0 Å². The Morgan fingerprint density at radius 3 is 2.35 bits per heavy atom. The van der Waals surface area contributed by atoms with Crippen molar-refractivity contribution in [1.82, 2.24) is 10.3 Å². The molecule has 0 fully saturated rings. The average Bonchev–Trinajstić information content (AvgIpc) is 2.87. The Balaban J connectivity index is 1.49. The van der Waals surface area contributed by atoms with Crippen molar-refractivity contribution >= 4 is 46.0 Å². The summed E-state index contributed by atoms with van der Waals surface area (Å²) in [6.45, 7) is -0.469. The number of esters is 1. The van der Waals surface area contributed by atoms with Gasteiger partial charge in [0, 0.05) is 34.3 Å². The van der Waals surface area contributed by atoms with E-state index >= 15 is 0 Å². The van der Waals surface area contributed by atoms with Crippen LogP contribution in [0.5, 0.6) is 0 Å². The summed E-state index contributed by atoms with van der Waals surface area (Å²) in [5, 5.41) is 6.38. The number of amides is 2. The number of para-hydroxylation sites is 1. The van der Waals surface area contributed by atoms with Crippen molar-refractivity contribution < 1.29 is 19.1 Å². The van der Waals surface area contributed by atoms with Gasteiger partial charge < -0.3 is 15.4 Å². The van der Waals surface area contributed by atoms with Gasteiger partial charge in [-0.25, -0.2) is 9.78 Å². The lowest BCUT2D eigenvalue weighted by Gasteiger charge is -2.11. The molecule has 1 aromatic heterocycles. The van der Waals surface area contributed by atoms with Crippen LogP contribution in [0, 0.1) is 0 Å². The van der Waals surface area contributed by atoms with Crippen molar-refractivity contribution in [2.75, 3.05) is 19.0 Å². The number of halogens is 1. The highest BCUT2D eigenvalue weighted by Gasteiger charge is 2.17. The lowest BCUT2D eigenvalue weighted by Crippen LogP contribution is -2.21. The summed E-state index contributed by atoms with van der Waals surface area (Å²) in [6, 6.07) is 22.4. The predicted octanol–water partition coefficient (Wildman–Crippen LogP) is 4.71. The number of ether oxygens (including phenoxy) is 1. The first kappa shape index (κ1) is 22.9. The number of carbonyl (C=O) groups excluding carboxylic acids is 3. The van der Waals surface area contributed by atoms with E-state index < -0.39 is 18.5 Å². The lowest BCUT2D eigenvalue weighted by molar-refractivity contribution is -0.119. The van der Waals surface area contributed by atoms with Crippen molar-refractivity contribution in [3.8, 4) is 11.3 Å². The molecule has 0 spiro atoms. The molecule has 0 aliphatic rings. The second-order valence-corrected chi connectivity index (χ2v) is 7.80. The molecule has 0 aliphatic carbocycles. The van der Waals surface area contributed by atoms with Crippen LogP contribution in [-0.4, -0.2) is 36.4 Å². The van der Waals surface area contributed by atoms with Crippen LogP contribution in [0.25, 0.3) is 22.2 Å². The van der Waals surface area contributed by atoms with Gasteiger partial charge in [-0.3, -0.25) is 9.59 Å². The smallest absolute Gasteiger partial charge is 0.339 e. The molecule has 0 unspecified atom stereocenters. The van der Waals surface area contributed by atoms with Gasteiger partial charge in [-0.1, -0.05) is 41.9 Å². The predicted molar refractivity (Wildman–Crippen MR) is 131 cm³/mol. The molecule has 0 saturated heterocycles. The highest BCUT2D eigenvalue weighted by molar-refractivity contribution is 6.30. The van der Waals surface area contributed by atoms with Gasteiger partial charge >= 0.3 is 5.97 Å². The lowest BCUT2D eigenvalue weighted by atomic mass is 10.0. The van der Waals surface area contributed by atoms with Crippen molar-refractivity contribution in [2.24, 2.45) is 0 Å². The number of fused-ring (bicyclic) bond motifs is 1. The fourth-order valence-electron chi connectivity index (χ4n) is 3.37. The quantitative estimate of drug-likeness (QED) is 0.395. The summed E-state index contributed by atoms with van der Waals surface area (Å²) in [4.78, 5) is 41.5. The fraction of sp³-hybridized carbons (Fsp3) is 0.0769. The maximum atomic E-state index is 12.9. The Morgan fingerprint density at radius 1 is 0.941 bits per heavy atom. The van der Waals surface area contributed by atoms with Crippen LogP contribution in [0.15, 0.2) is 78.9 Å². The second kappa shape index (κ2) is 10.1. The molecule has 0 aliphatic heterocycles. The highest BCUT2D eigenvalue weighted by Crippen LogP contribution is 2.26. The number of nitrogens with zero attached hydrogens (tertiary/aromatic N) is 1. The highest BCUT2D eigenvalue weighted by atomic mass is 35.5. The van der Waals surface area contributed by atoms with Crippen molar-refractivity contribution in [1.29, 1.82) is 0 Å². The van der Waals surface area contributed by atoms with Crippen LogP contribution in [0.2, 0.25) is 5.02 Å². The Bertz CT molecular complexity index is 1370. The largest absolute Gasteiger partial charge is 0.452 e. The first-order valence-corrected chi connectivity index (χ1v) is 10.8. The van der Waals surface area contributed by atoms with E-state index in [2.05, 4.69) is 15.6 Å².